The number of carbonyl (C=O) groups excluding carboxylic acids is 1. The maximum Gasteiger partial charge on any atom is 0.422 e. The maximum absolute atomic E-state index is 12.1. The molecule has 0 aliphatic rings. The Kier molecular flexibility index (Phi) is 5.43. The van der Waals surface area contributed by atoms with Crippen molar-refractivity contribution < 1.29 is 22.7 Å². The van der Waals surface area contributed by atoms with Crippen molar-refractivity contribution in [1.82, 2.24) is 10.3 Å². The highest BCUT2D eigenvalue weighted by Gasteiger charge is 2.28. The van der Waals surface area contributed by atoms with E-state index in [1.165, 1.54) is 23.5 Å². The van der Waals surface area contributed by atoms with Crippen LogP contribution in [0.25, 0.3) is 0 Å². The number of aromatic nitrogens is 1. The third-order valence-electron chi connectivity index (χ3n) is 2.78. The number of urea groups is 1. The zero-order chi connectivity index (χ0) is 16.9. The number of carbonyl (C=O) groups is 1. The largest absolute Gasteiger partial charge is 0.484 e. The molecular formula is C14H14F3N3O2S. The zero-order valence-corrected chi connectivity index (χ0v) is 12.9. The molecule has 2 amide bonds. The van der Waals surface area contributed by atoms with Crippen molar-refractivity contribution in [3.8, 4) is 5.75 Å². The summed E-state index contributed by atoms with van der Waals surface area (Å²) >= 11 is 1.29. The first-order valence-electron chi connectivity index (χ1n) is 6.60. The minimum atomic E-state index is -4.37. The van der Waals surface area contributed by atoms with Gasteiger partial charge in [0.15, 0.2) is 11.7 Å². The molecular weight excluding hydrogens is 331 g/mol. The fourth-order valence-electron chi connectivity index (χ4n) is 1.72. The summed E-state index contributed by atoms with van der Waals surface area (Å²) < 4.78 is 40.8. The lowest BCUT2D eigenvalue weighted by atomic mass is 10.1. The molecule has 1 heterocycles. The van der Waals surface area contributed by atoms with Gasteiger partial charge in [0.05, 0.1) is 6.04 Å². The van der Waals surface area contributed by atoms with Crippen molar-refractivity contribution in [3.63, 3.8) is 0 Å². The van der Waals surface area contributed by atoms with E-state index in [-0.39, 0.29) is 11.8 Å². The predicted molar refractivity (Wildman–Crippen MR) is 80.7 cm³/mol. The second-order valence-corrected chi connectivity index (χ2v) is 5.52. The Hall–Kier alpha value is -2.29. The molecule has 0 aliphatic carbocycles. The van der Waals surface area contributed by atoms with Gasteiger partial charge in [-0.1, -0.05) is 12.1 Å². The normalized spacial score (nSPS) is 12.5. The summed E-state index contributed by atoms with van der Waals surface area (Å²) in [5.41, 5.74) is 0.735. The van der Waals surface area contributed by atoms with E-state index in [0.717, 1.165) is 5.56 Å². The number of amides is 2. The Bertz CT molecular complexity index is 630. The highest BCUT2D eigenvalue weighted by atomic mass is 32.1. The molecule has 2 rings (SSSR count). The molecule has 1 aromatic heterocycles. The number of hydrogen-bond acceptors (Lipinski definition) is 4. The molecule has 1 unspecified atom stereocenters. The van der Waals surface area contributed by atoms with E-state index < -0.39 is 18.8 Å². The van der Waals surface area contributed by atoms with Gasteiger partial charge >= 0.3 is 12.2 Å². The second-order valence-electron chi connectivity index (χ2n) is 4.63. The van der Waals surface area contributed by atoms with Crippen LogP contribution < -0.4 is 15.4 Å². The van der Waals surface area contributed by atoms with Crippen LogP contribution in [0.2, 0.25) is 0 Å². The standard InChI is InChI=1S/C14H14F3N3O2S/c1-9(19-12(21)20-13-18-6-7-23-13)10-2-4-11(5-3-10)22-8-14(15,16)17/h2-7,9H,8H2,1H3,(H2,18,19,20,21). The third kappa shape index (κ3) is 5.78. The molecule has 23 heavy (non-hydrogen) atoms. The quantitative estimate of drug-likeness (QED) is 0.862. The molecule has 0 fully saturated rings. The van der Waals surface area contributed by atoms with Crippen LogP contribution in [0.1, 0.15) is 18.5 Å². The van der Waals surface area contributed by atoms with Crippen LogP contribution in [0.3, 0.4) is 0 Å². The molecule has 0 saturated heterocycles. The summed E-state index contributed by atoms with van der Waals surface area (Å²) in [6, 6.07) is 5.31. The number of anilines is 1. The van der Waals surface area contributed by atoms with Gasteiger partial charge in [-0.05, 0) is 24.6 Å². The fourth-order valence-corrected chi connectivity index (χ4v) is 2.24. The fraction of sp³-hybridized carbons (Fsp3) is 0.286. The number of alkyl halides is 3. The number of ether oxygens (including phenoxy) is 1. The molecule has 5 nitrogen and oxygen atoms in total. The zero-order valence-electron chi connectivity index (χ0n) is 12.1. The average Bonchev–Trinajstić information content (AvgIpc) is 2.97. The maximum atomic E-state index is 12.1. The molecule has 1 aromatic carbocycles. The summed E-state index contributed by atoms with van der Waals surface area (Å²) in [6.45, 7) is 0.420. The van der Waals surface area contributed by atoms with E-state index in [2.05, 4.69) is 20.4 Å². The second kappa shape index (κ2) is 7.32. The summed E-state index contributed by atoms with van der Waals surface area (Å²) in [5, 5.41) is 7.50. The van der Waals surface area contributed by atoms with E-state index in [1.807, 2.05) is 0 Å². The van der Waals surface area contributed by atoms with E-state index in [9.17, 15) is 18.0 Å². The van der Waals surface area contributed by atoms with Crippen LogP contribution in [0.5, 0.6) is 5.75 Å². The van der Waals surface area contributed by atoms with Gasteiger partial charge < -0.3 is 10.1 Å². The predicted octanol–water partition coefficient (Wildman–Crippen LogP) is 3.97. The van der Waals surface area contributed by atoms with Crippen LogP contribution >= 0.6 is 11.3 Å². The molecule has 9 heteroatoms. The van der Waals surface area contributed by atoms with Crippen molar-refractivity contribution in [2.24, 2.45) is 0 Å². The Balaban J connectivity index is 1.87. The van der Waals surface area contributed by atoms with Crippen molar-refractivity contribution >= 4 is 22.5 Å². The van der Waals surface area contributed by atoms with Crippen molar-refractivity contribution in [3.05, 3.63) is 41.4 Å². The monoisotopic (exact) mass is 345 g/mol. The Morgan fingerprint density at radius 3 is 2.61 bits per heavy atom. The molecule has 0 aliphatic heterocycles. The SMILES string of the molecule is CC(NC(=O)Nc1nccs1)c1ccc(OCC(F)(F)F)cc1. The lowest BCUT2D eigenvalue weighted by Gasteiger charge is -2.15. The van der Waals surface area contributed by atoms with Crippen molar-refractivity contribution in [2.45, 2.75) is 19.1 Å². The first-order valence-corrected chi connectivity index (χ1v) is 7.48. The third-order valence-corrected chi connectivity index (χ3v) is 3.47. The summed E-state index contributed by atoms with van der Waals surface area (Å²) in [6.07, 6.45) is -2.80. The minimum Gasteiger partial charge on any atom is -0.484 e. The number of nitrogens with one attached hydrogen (secondary N) is 2. The van der Waals surface area contributed by atoms with Crippen LogP contribution in [0.4, 0.5) is 23.1 Å². The van der Waals surface area contributed by atoms with Gasteiger partial charge in [0.2, 0.25) is 0 Å². The highest BCUT2D eigenvalue weighted by Crippen LogP contribution is 2.21. The molecule has 0 bridgehead atoms. The lowest BCUT2D eigenvalue weighted by Crippen LogP contribution is -2.31. The van der Waals surface area contributed by atoms with E-state index in [0.29, 0.717) is 5.13 Å². The number of hydrogen-bond donors (Lipinski definition) is 2. The van der Waals surface area contributed by atoms with E-state index in [4.69, 9.17) is 0 Å². The van der Waals surface area contributed by atoms with Gasteiger partial charge in [0.1, 0.15) is 5.75 Å². The van der Waals surface area contributed by atoms with Gasteiger partial charge in [-0.3, -0.25) is 5.32 Å². The molecule has 124 valence electrons. The number of nitrogens with zero attached hydrogens (tertiary/aromatic N) is 1. The molecule has 0 radical (unpaired) electrons. The Morgan fingerprint density at radius 1 is 1.35 bits per heavy atom. The Morgan fingerprint density at radius 2 is 2.04 bits per heavy atom. The van der Waals surface area contributed by atoms with Gasteiger partial charge in [-0.15, -0.1) is 11.3 Å². The number of benzene rings is 1. The summed E-state index contributed by atoms with van der Waals surface area (Å²) in [4.78, 5) is 15.7. The molecule has 2 N–H and O–H groups in total. The van der Waals surface area contributed by atoms with Gasteiger partial charge in [-0.25, -0.2) is 9.78 Å². The molecule has 1 atom stereocenters. The van der Waals surface area contributed by atoms with Crippen LogP contribution in [-0.2, 0) is 0 Å². The van der Waals surface area contributed by atoms with Crippen LogP contribution in [0, 0.1) is 0 Å². The lowest BCUT2D eigenvalue weighted by molar-refractivity contribution is -0.153. The van der Waals surface area contributed by atoms with Crippen molar-refractivity contribution in [2.75, 3.05) is 11.9 Å². The minimum absolute atomic E-state index is 0.116. The van der Waals surface area contributed by atoms with Crippen molar-refractivity contribution in [1.29, 1.82) is 0 Å². The van der Waals surface area contributed by atoms with Crippen LogP contribution in [0.15, 0.2) is 35.8 Å². The first-order chi connectivity index (χ1) is 10.8. The summed E-state index contributed by atoms with van der Waals surface area (Å²) in [5.74, 6) is 0.116. The van der Waals surface area contributed by atoms with Gasteiger partial charge in [0, 0.05) is 11.6 Å². The first kappa shape index (κ1) is 17.1. The summed E-state index contributed by atoms with van der Waals surface area (Å²) in [7, 11) is 0. The van der Waals surface area contributed by atoms with Crippen LogP contribution in [-0.4, -0.2) is 23.8 Å². The molecule has 0 spiro atoms. The van der Waals surface area contributed by atoms with E-state index >= 15 is 0 Å². The smallest absolute Gasteiger partial charge is 0.422 e. The van der Waals surface area contributed by atoms with Gasteiger partial charge in [-0.2, -0.15) is 13.2 Å². The molecule has 0 saturated carbocycles. The Labute approximate surface area is 134 Å². The number of thiazole rings is 1. The topological polar surface area (TPSA) is 63.2 Å². The van der Waals surface area contributed by atoms with E-state index in [1.54, 1.807) is 30.6 Å². The number of halogens is 3. The average molecular weight is 345 g/mol. The van der Waals surface area contributed by atoms with Gasteiger partial charge in [0.25, 0.3) is 0 Å². The molecule has 2 aromatic rings. The number of rotatable bonds is 5. The highest BCUT2D eigenvalue weighted by molar-refractivity contribution is 7.13.